The molecule has 1 aromatic heterocycles. The molecule has 0 fully saturated rings. The van der Waals surface area contributed by atoms with Crippen molar-refractivity contribution < 1.29 is 9.66 Å². The summed E-state index contributed by atoms with van der Waals surface area (Å²) in [5.74, 6) is 1.44. The molecule has 3 rings (SSSR count). The molecular formula is C19H20N4O3S. The molecule has 0 N–H and O–H groups in total. The summed E-state index contributed by atoms with van der Waals surface area (Å²) in [6, 6.07) is 15.3. The van der Waals surface area contributed by atoms with Crippen molar-refractivity contribution in [3.63, 3.8) is 0 Å². The lowest BCUT2D eigenvalue weighted by atomic mass is 10.1. The standard InChI is InChI=1S/C19H20N4O3S/c1-13-4-8-16(9-5-13)23-14(2)20-21-19(23)27-18(12-22(24)25)15-6-10-17(26-3)11-7-15/h4-11,18H,12H2,1-3H3/t18-/m0/s1. The van der Waals surface area contributed by atoms with Gasteiger partial charge < -0.3 is 4.74 Å². The lowest BCUT2D eigenvalue weighted by Gasteiger charge is -2.14. The molecular weight excluding hydrogens is 364 g/mol. The quantitative estimate of drug-likeness (QED) is 0.348. The van der Waals surface area contributed by atoms with Crippen LogP contribution in [0, 0.1) is 24.0 Å². The fraction of sp³-hybridized carbons (Fsp3) is 0.263. The topological polar surface area (TPSA) is 83.1 Å². The van der Waals surface area contributed by atoms with Crippen LogP contribution < -0.4 is 4.74 Å². The number of nitro groups is 1. The lowest BCUT2D eigenvalue weighted by molar-refractivity contribution is -0.479. The number of nitrogens with zero attached hydrogens (tertiary/aromatic N) is 4. The summed E-state index contributed by atoms with van der Waals surface area (Å²) < 4.78 is 7.09. The summed E-state index contributed by atoms with van der Waals surface area (Å²) in [7, 11) is 1.59. The minimum absolute atomic E-state index is 0.212. The van der Waals surface area contributed by atoms with Crippen molar-refractivity contribution >= 4 is 11.8 Å². The van der Waals surface area contributed by atoms with E-state index in [1.807, 2.05) is 54.8 Å². The SMILES string of the molecule is COc1ccc([C@H](C[N+](=O)[O-])Sc2nnc(C)n2-c2ccc(C)cc2)cc1. The van der Waals surface area contributed by atoms with Crippen LogP contribution in [0.4, 0.5) is 0 Å². The first-order valence-corrected chi connectivity index (χ1v) is 9.27. The van der Waals surface area contributed by atoms with E-state index in [9.17, 15) is 10.1 Å². The van der Waals surface area contributed by atoms with Crippen LogP contribution in [0.25, 0.3) is 5.69 Å². The zero-order valence-electron chi connectivity index (χ0n) is 15.3. The number of aryl methyl sites for hydroxylation is 2. The van der Waals surface area contributed by atoms with Crippen LogP contribution in [0.2, 0.25) is 0 Å². The van der Waals surface area contributed by atoms with Gasteiger partial charge in [0.15, 0.2) is 5.16 Å². The van der Waals surface area contributed by atoms with Crippen molar-refractivity contribution in [3.8, 4) is 11.4 Å². The van der Waals surface area contributed by atoms with E-state index < -0.39 is 5.25 Å². The number of thioether (sulfide) groups is 1. The Morgan fingerprint density at radius 2 is 1.78 bits per heavy atom. The maximum atomic E-state index is 11.2. The monoisotopic (exact) mass is 384 g/mol. The second-order valence-corrected chi connectivity index (χ2v) is 7.27. The molecule has 0 aliphatic heterocycles. The number of hydrogen-bond donors (Lipinski definition) is 0. The first kappa shape index (κ1) is 18.9. The fourth-order valence-electron chi connectivity index (χ4n) is 2.70. The maximum absolute atomic E-state index is 11.2. The summed E-state index contributed by atoms with van der Waals surface area (Å²) >= 11 is 1.34. The van der Waals surface area contributed by atoms with E-state index in [1.54, 1.807) is 19.2 Å². The zero-order valence-corrected chi connectivity index (χ0v) is 16.1. The second-order valence-electron chi connectivity index (χ2n) is 6.10. The van der Waals surface area contributed by atoms with Crippen LogP contribution in [0.1, 0.15) is 22.2 Å². The molecule has 1 heterocycles. The molecule has 0 bridgehead atoms. The highest BCUT2D eigenvalue weighted by molar-refractivity contribution is 7.99. The van der Waals surface area contributed by atoms with E-state index in [0.717, 1.165) is 22.6 Å². The first-order chi connectivity index (χ1) is 13.0. The van der Waals surface area contributed by atoms with Gasteiger partial charge in [-0.25, -0.2) is 0 Å². The molecule has 8 heteroatoms. The molecule has 0 aliphatic carbocycles. The summed E-state index contributed by atoms with van der Waals surface area (Å²) in [5, 5.41) is 19.9. The Bertz CT molecular complexity index is 923. The molecule has 2 aromatic carbocycles. The van der Waals surface area contributed by atoms with Crippen molar-refractivity contribution in [2.24, 2.45) is 0 Å². The van der Waals surface area contributed by atoms with Crippen molar-refractivity contribution in [2.45, 2.75) is 24.3 Å². The predicted molar refractivity (Wildman–Crippen MR) is 104 cm³/mol. The molecule has 27 heavy (non-hydrogen) atoms. The highest BCUT2D eigenvalue weighted by Gasteiger charge is 2.23. The fourth-order valence-corrected chi connectivity index (χ4v) is 3.88. The largest absolute Gasteiger partial charge is 0.497 e. The van der Waals surface area contributed by atoms with Gasteiger partial charge in [0.2, 0.25) is 6.54 Å². The molecule has 0 unspecified atom stereocenters. The highest BCUT2D eigenvalue weighted by Crippen LogP contribution is 2.36. The van der Waals surface area contributed by atoms with Crippen molar-refractivity contribution in [3.05, 3.63) is 75.6 Å². The molecule has 1 atom stereocenters. The number of rotatable bonds is 7. The van der Waals surface area contributed by atoms with E-state index in [1.165, 1.54) is 11.8 Å². The molecule has 0 amide bonds. The Labute approximate surface area is 161 Å². The Morgan fingerprint density at radius 1 is 1.11 bits per heavy atom. The summed E-state index contributed by atoms with van der Waals surface area (Å²) in [4.78, 5) is 10.9. The van der Waals surface area contributed by atoms with Crippen LogP contribution in [0.15, 0.2) is 53.7 Å². The third-order valence-corrected chi connectivity index (χ3v) is 5.32. The van der Waals surface area contributed by atoms with Crippen LogP contribution >= 0.6 is 11.8 Å². The van der Waals surface area contributed by atoms with E-state index in [0.29, 0.717) is 10.9 Å². The molecule has 0 spiro atoms. The maximum Gasteiger partial charge on any atom is 0.220 e. The average molecular weight is 384 g/mol. The number of ether oxygens (including phenoxy) is 1. The molecule has 140 valence electrons. The van der Waals surface area contributed by atoms with Gasteiger partial charge in [0.25, 0.3) is 0 Å². The highest BCUT2D eigenvalue weighted by atomic mass is 32.2. The summed E-state index contributed by atoms with van der Waals surface area (Å²) in [5.41, 5.74) is 2.93. The number of aromatic nitrogens is 3. The third kappa shape index (κ3) is 4.46. The lowest BCUT2D eigenvalue weighted by Crippen LogP contribution is -2.11. The Hall–Kier alpha value is -2.87. The second kappa shape index (κ2) is 8.22. The Balaban J connectivity index is 1.94. The zero-order chi connectivity index (χ0) is 19.4. The van der Waals surface area contributed by atoms with E-state index in [2.05, 4.69) is 10.2 Å². The normalized spacial score (nSPS) is 12.0. The average Bonchev–Trinajstić information content (AvgIpc) is 3.02. The van der Waals surface area contributed by atoms with E-state index in [-0.39, 0.29) is 11.5 Å². The van der Waals surface area contributed by atoms with Crippen LogP contribution in [-0.2, 0) is 0 Å². The van der Waals surface area contributed by atoms with E-state index >= 15 is 0 Å². The van der Waals surface area contributed by atoms with Crippen molar-refractivity contribution in [1.29, 1.82) is 0 Å². The van der Waals surface area contributed by atoms with Crippen LogP contribution in [0.5, 0.6) is 5.75 Å². The van der Waals surface area contributed by atoms with Gasteiger partial charge in [0.1, 0.15) is 16.8 Å². The molecule has 0 saturated heterocycles. The minimum atomic E-state index is -0.390. The van der Waals surface area contributed by atoms with Crippen molar-refractivity contribution in [1.82, 2.24) is 14.8 Å². The molecule has 7 nitrogen and oxygen atoms in total. The Morgan fingerprint density at radius 3 is 2.37 bits per heavy atom. The van der Waals surface area contributed by atoms with Gasteiger partial charge in [-0.3, -0.25) is 14.7 Å². The van der Waals surface area contributed by atoms with Gasteiger partial charge in [0, 0.05) is 10.6 Å². The number of benzene rings is 2. The van der Waals surface area contributed by atoms with E-state index in [4.69, 9.17) is 4.74 Å². The van der Waals surface area contributed by atoms with Gasteiger partial charge in [-0.15, -0.1) is 10.2 Å². The van der Waals surface area contributed by atoms with Gasteiger partial charge in [0.05, 0.1) is 7.11 Å². The Kier molecular flexibility index (Phi) is 5.75. The van der Waals surface area contributed by atoms with Crippen LogP contribution in [0.3, 0.4) is 0 Å². The van der Waals surface area contributed by atoms with Gasteiger partial charge in [-0.1, -0.05) is 41.6 Å². The summed E-state index contributed by atoms with van der Waals surface area (Å²) in [6.07, 6.45) is 0. The van der Waals surface area contributed by atoms with Crippen LogP contribution in [-0.4, -0.2) is 33.3 Å². The molecule has 0 radical (unpaired) electrons. The van der Waals surface area contributed by atoms with Gasteiger partial charge >= 0.3 is 0 Å². The molecule has 3 aromatic rings. The number of methoxy groups -OCH3 is 1. The predicted octanol–water partition coefficient (Wildman–Crippen LogP) is 4.00. The molecule has 0 aliphatic rings. The smallest absolute Gasteiger partial charge is 0.220 e. The molecule has 0 saturated carbocycles. The van der Waals surface area contributed by atoms with Crippen molar-refractivity contribution in [2.75, 3.05) is 13.7 Å². The minimum Gasteiger partial charge on any atom is -0.497 e. The van der Waals surface area contributed by atoms with Gasteiger partial charge in [-0.2, -0.15) is 0 Å². The number of hydrogen-bond acceptors (Lipinski definition) is 6. The van der Waals surface area contributed by atoms with Gasteiger partial charge in [-0.05, 0) is 43.7 Å². The first-order valence-electron chi connectivity index (χ1n) is 8.39. The summed E-state index contributed by atoms with van der Waals surface area (Å²) in [6.45, 7) is 3.68. The third-order valence-electron chi connectivity index (χ3n) is 4.14.